The summed E-state index contributed by atoms with van der Waals surface area (Å²) >= 11 is 6.22. The van der Waals surface area contributed by atoms with Crippen LogP contribution in [0.1, 0.15) is 24.1 Å². The third-order valence-electron chi connectivity index (χ3n) is 2.82. The van der Waals surface area contributed by atoms with Crippen molar-refractivity contribution in [1.82, 2.24) is 15.1 Å². The highest BCUT2D eigenvalue weighted by Gasteiger charge is 2.16. The Bertz CT molecular complexity index is 493. The van der Waals surface area contributed by atoms with Crippen LogP contribution in [0.15, 0.2) is 36.7 Å². The summed E-state index contributed by atoms with van der Waals surface area (Å²) < 4.78 is 1.91. The minimum absolute atomic E-state index is 0.0870. The Hall–Kier alpha value is -1.32. The first-order chi connectivity index (χ1) is 8.26. The van der Waals surface area contributed by atoms with Crippen LogP contribution in [-0.4, -0.2) is 16.8 Å². The van der Waals surface area contributed by atoms with Crippen LogP contribution in [0.3, 0.4) is 0 Å². The molecule has 1 aromatic heterocycles. The van der Waals surface area contributed by atoms with E-state index in [0.29, 0.717) is 0 Å². The normalized spacial score (nSPS) is 12.6. The summed E-state index contributed by atoms with van der Waals surface area (Å²) in [5.74, 6) is 0. The smallest absolute Gasteiger partial charge is 0.0620 e. The molecule has 17 heavy (non-hydrogen) atoms. The van der Waals surface area contributed by atoms with Crippen LogP contribution in [0.2, 0.25) is 5.02 Å². The van der Waals surface area contributed by atoms with Gasteiger partial charge in [-0.2, -0.15) is 5.10 Å². The zero-order valence-electron chi connectivity index (χ0n) is 10.0. The van der Waals surface area contributed by atoms with Crippen molar-refractivity contribution >= 4 is 11.6 Å². The van der Waals surface area contributed by atoms with Gasteiger partial charge in [0.2, 0.25) is 0 Å². The van der Waals surface area contributed by atoms with Gasteiger partial charge < -0.3 is 5.32 Å². The maximum absolute atomic E-state index is 6.22. The van der Waals surface area contributed by atoms with Gasteiger partial charge in [-0.1, -0.05) is 29.8 Å². The van der Waals surface area contributed by atoms with E-state index in [-0.39, 0.29) is 6.04 Å². The molecule has 2 rings (SSSR count). The van der Waals surface area contributed by atoms with Gasteiger partial charge in [-0.05, 0) is 25.6 Å². The molecule has 0 spiro atoms. The summed E-state index contributed by atoms with van der Waals surface area (Å²) in [6.45, 7) is 2.94. The van der Waals surface area contributed by atoms with Crippen molar-refractivity contribution in [3.63, 3.8) is 0 Å². The molecule has 0 aliphatic heterocycles. The summed E-state index contributed by atoms with van der Waals surface area (Å²) in [5.41, 5.74) is 2.20. The largest absolute Gasteiger partial charge is 0.309 e. The van der Waals surface area contributed by atoms with E-state index in [4.69, 9.17) is 11.6 Å². The third-order valence-corrected chi connectivity index (χ3v) is 3.16. The number of rotatable bonds is 4. The second kappa shape index (κ2) is 5.34. The molecule has 0 radical (unpaired) electrons. The number of hydrogen-bond acceptors (Lipinski definition) is 2. The van der Waals surface area contributed by atoms with Gasteiger partial charge >= 0.3 is 0 Å². The molecule has 1 unspecified atom stereocenters. The average Bonchev–Trinajstić information content (AvgIpc) is 2.81. The van der Waals surface area contributed by atoms with Crippen molar-refractivity contribution < 1.29 is 0 Å². The first kappa shape index (κ1) is 12.1. The van der Waals surface area contributed by atoms with Gasteiger partial charge in [0, 0.05) is 23.3 Å². The molecule has 0 amide bonds. The Labute approximate surface area is 106 Å². The van der Waals surface area contributed by atoms with Gasteiger partial charge in [0.25, 0.3) is 0 Å². The number of aryl methyl sites for hydroxylation is 1. The number of hydrogen-bond donors (Lipinski definition) is 1. The molecule has 4 heteroatoms. The maximum atomic E-state index is 6.22. The van der Waals surface area contributed by atoms with Crippen LogP contribution in [-0.2, 0) is 6.54 Å². The summed E-state index contributed by atoms with van der Waals surface area (Å²) in [5, 5.41) is 8.34. The van der Waals surface area contributed by atoms with E-state index < -0.39 is 0 Å². The fourth-order valence-corrected chi connectivity index (χ4v) is 2.16. The fourth-order valence-electron chi connectivity index (χ4n) is 1.91. The fraction of sp³-hybridized carbons (Fsp3) is 0.308. The van der Waals surface area contributed by atoms with E-state index >= 15 is 0 Å². The Morgan fingerprint density at radius 2 is 2.18 bits per heavy atom. The molecule has 0 aliphatic rings. The molecule has 2 aromatic rings. The van der Waals surface area contributed by atoms with Gasteiger partial charge in [-0.25, -0.2) is 0 Å². The third kappa shape index (κ3) is 2.51. The highest BCUT2D eigenvalue weighted by molar-refractivity contribution is 6.31. The van der Waals surface area contributed by atoms with Gasteiger partial charge in [-0.3, -0.25) is 4.68 Å². The monoisotopic (exact) mass is 249 g/mol. The SMILES string of the molecule is CCn1cc(C(NC)c2ccccc2Cl)cn1. The van der Waals surface area contributed by atoms with E-state index in [0.717, 1.165) is 22.7 Å². The Balaban J connectivity index is 2.36. The molecule has 0 saturated heterocycles. The average molecular weight is 250 g/mol. The van der Waals surface area contributed by atoms with Crippen LogP contribution in [0, 0.1) is 0 Å². The predicted octanol–water partition coefficient (Wildman–Crippen LogP) is 2.87. The maximum Gasteiger partial charge on any atom is 0.0620 e. The van der Waals surface area contributed by atoms with Crippen molar-refractivity contribution in [2.75, 3.05) is 7.05 Å². The number of aromatic nitrogens is 2. The lowest BCUT2D eigenvalue weighted by Gasteiger charge is -2.16. The van der Waals surface area contributed by atoms with Crippen molar-refractivity contribution in [3.8, 4) is 0 Å². The molecule has 0 aliphatic carbocycles. The molecular formula is C13H16ClN3. The lowest BCUT2D eigenvalue weighted by molar-refractivity contribution is 0.653. The van der Waals surface area contributed by atoms with Crippen molar-refractivity contribution in [1.29, 1.82) is 0 Å². The molecule has 1 aromatic carbocycles. The Kier molecular flexibility index (Phi) is 3.82. The minimum atomic E-state index is 0.0870. The van der Waals surface area contributed by atoms with Crippen molar-refractivity contribution in [2.24, 2.45) is 0 Å². The number of nitrogens with zero attached hydrogens (tertiary/aromatic N) is 2. The van der Waals surface area contributed by atoms with Gasteiger partial charge in [0.15, 0.2) is 0 Å². The van der Waals surface area contributed by atoms with Crippen LogP contribution in [0.25, 0.3) is 0 Å². The van der Waals surface area contributed by atoms with Gasteiger partial charge in [0.1, 0.15) is 0 Å². The molecule has 0 bridgehead atoms. The van der Waals surface area contributed by atoms with Crippen LogP contribution >= 0.6 is 11.6 Å². The molecule has 1 heterocycles. The first-order valence-electron chi connectivity index (χ1n) is 5.70. The minimum Gasteiger partial charge on any atom is -0.309 e. The summed E-state index contributed by atoms with van der Waals surface area (Å²) in [6, 6.07) is 7.96. The second-order valence-electron chi connectivity index (χ2n) is 3.87. The Morgan fingerprint density at radius 3 is 2.76 bits per heavy atom. The standard InChI is InChI=1S/C13H16ClN3/c1-3-17-9-10(8-16-17)13(15-2)11-6-4-5-7-12(11)14/h4-9,13,15H,3H2,1-2H3. The molecule has 1 atom stereocenters. The molecule has 0 saturated carbocycles. The Morgan fingerprint density at radius 1 is 1.41 bits per heavy atom. The zero-order chi connectivity index (χ0) is 12.3. The van der Waals surface area contributed by atoms with Crippen LogP contribution in [0.4, 0.5) is 0 Å². The summed E-state index contributed by atoms with van der Waals surface area (Å²) in [7, 11) is 1.93. The van der Waals surface area contributed by atoms with E-state index in [1.165, 1.54) is 0 Å². The highest BCUT2D eigenvalue weighted by Crippen LogP contribution is 2.27. The summed E-state index contributed by atoms with van der Waals surface area (Å²) in [4.78, 5) is 0. The van der Waals surface area contributed by atoms with Crippen molar-refractivity contribution in [3.05, 3.63) is 52.8 Å². The van der Waals surface area contributed by atoms with E-state index in [9.17, 15) is 0 Å². The lowest BCUT2D eigenvalue weighted by atomic mass is 10.0. The number of benzene rings is 1. The lowest BCUT2D eigenvalue weighted by Crippen LogP contribution is -2.17. The number of nitrogens with one attached hydrogen (secondary N) is 1. The molecule has 1 N–H and O–H groups in total. The van der Waals surface area contributed by atoms with Crippen molar-refractivity contribution in [2.45, 2.75) is 19.5 Å². The van der Waals surface area contributed by atoms with Gasteiger partial charge in [-0.15, -0.1) is 0 Å². The number of halogens is 1. The molecular weight excluding hydrogens is 234 g/mol. The first-order valence-corrected chi connectivity index (χ1v) is 6.08. The quantitative estimate of drug-likeness (QED) is 0.903. The van der Waals surface area contributed by atoms with Crippen LogP contribution < -0.4 is 5.32 Å². The highest BCUT2D eigenvalue weighted by atomic mass is 35.5. The second-order valence-corrected chi connectivity index (χ2v) is 4.28. The van der Waals surface area contributed by atoms with E-state index in [1.54, 1.807) is 0 Å². The van der Waals surface area contributed by atoms with E-state index in [1.807, 2.05) is 48.4 Å². The zero-order valence-corrected chi connectivity index (χ0v) is 10.8. The van der Waals surface area contributed by atoms with E-state index in [2.05, 4.69) is 17.3 Å². The molecule has 90 valence electrons. The molecule has 0 fully saturated rings. The van der Waals surface area contributed by atoms with Gasteiger partial charge in [0.05, 0.1) is 12.2 Å². The molecule has 3 nitrogen and oxygen atoms in total. The topological polar surface area (TPSA) is 29.9 Å². The summed E-state index contributed by atoms with van der Waals surface area (Å²) in [6.07, 6.45) is 3.93. The predicted molar refractivity (Wildman–Crippen MR) is 70.3 cm³/mol. The van der Waals surface area contributed by atoms with Crippen LogP contribution in [0.5, 0.6) is 0 Å².